The molecule has 7 aromatic heterocycles. The third-order valence-electron chi connectivity index (χ3n) is 33.4. The zero-order valence-electron chi connectivity index (χ0n) is 82.0. The van der Waals surface area contributed by atoms with Gasteiger partial charge in [0.2, 0.25) is 0 Å². The summed E-state index contributed by atoms with van der Waals surface area (Å²) in [5.41, 5.74) is 47.3. The summed E-state index contributed by atoms with van der Waals surface area (Å²) < 4.78 is 14.8. The van der Waals surface area contributed by atoms with Crippen molar-refractivity contribution in [1.82, 2.24) is 37.4 Å². The average Bonchev–Trinajstić information content (AvgIpc) is 1.57. The van der Waals surface area contributed by atoms with Gasteiger partial charge in [0.25, 0.3) is 0 Å². The van der Waals surface area contributed by atoms with Gasteiger partial charge in [0.1, 0.15) is 0 Å². The van der Waals surface area contributed by atoms with E-state index >= 15 is 0 Å². The Morgan fingerprint density at radius 1 is 0.143 bits per heavy atom. The molecule has 28 aromatic rings. The molecule has 0 aliphatic heterocycles. The lowest BCUT2D eigenvalue weighted by Gasteiger charge is -2.22. The van der Waals surface area contributed by atoms with Crippen molar-refractivity contribution in [3.8, 4) is 135 Å². The molecule has 690 valence electrons. The zero-order chi connectivity index (χ0) is 97.3. The summed E-state index contributed by atoms with van der Waals surface area (Å²) in [6.07, 6.45) is 0. The van der Waals surface area contributed by atoms with Gasteiger partial charge in [0.15, 0.2) is 5.82 Å². The predicted octanol–water partition coefficient (Wildman–Crippen LogP) is 36.0. The van der Waals surface area contributed by atoms with E-state index in [0.717, 1.165) is 129 Å². The van der Waals surface area contributed by atoms with Gasteiger partial charge in [-0.3, -0.25) is 0 Å². The van der Waals surface area contributed by atoms with Crippen molar-refractivity contribution in [2.45, 2.75) is 57.8 Å². The topological polar surface area (TPSA) is 55.4 Å². The second-order valence-corrected chi connectivity index (χ2v) is 42.3. The van der Waals surface area contributed by atoms with Gasteiger partial charge in [0.05, 0.1) is 77.6 Å². The number of nitrogens with zero attached hydrogens (tertiary/aromatic N) is 8. The first-order valence-electron chi connectivity index (χ1n) is 51.3. The molecule has 0 atom stereocenters. The van der Waals surface area contributed by atoms with Crippen molar-refractivity contribution < 1.29 is 0 Å². The van der Waals surface area contributed by atoms with E-state index in [4.69, 9.17) is 9.97 Å². The Labute approximate surface area is 849 Å². The van der Waals surface area contributed by atoms with E-state index in [1.165, 1.54) is 164 Å². The fourth-order valence-corrected chi connectivity index (χ4v) is 26.3. The molecule has 0 radical (unpaired) electrons. The maximum absolute atomic E-state index is 5.73. The monoisotopic (exact) mass is 1870 g/mol. The molecule has 0 unspecified atom stereocenters. The Balaban J connectivity index is 0.533. The van der Waals surface area contributed by atoms with Crippen molar-refractivity contribution in [3.63, 3.8) is 0 Å². The first kappa shape index (κ1) is 83.2. The highest BCUT2D eigenvalue weighted by Crippen LogP contribution is 2.55. The zero-order valence-corrected chi connectivity index (χ0v) is 82.0. The maximum Gasteiger partial charge on any atom is 0.160 e. The number of hydrogen-bond donors (Lipinski definition) is 0. The third-order valence-corrected chi connectivity index (χ3v) is 33.4. The predicted molar refractivity (Wildman–Crippen MR) is 613 cm³/mol. The maximum atomic E-state index is 5.73. The second-order valence-electron chi connectivity index (χ2n) is 42.3. The van der Waals surface area contributed by atoms with Crippen LogP contribution in [0, 0.1) is 0 Å². The van der Waals surface area contributed by atoms with E-state index in [1.807, 2.05) is 0 Å². The summed E-state index contributed by atoms with van der Waals surface area (Å²) in [6.45, 7) is 14.2. The van der Waals surface area contributed by atoms with Crippen LogP contribution >= 0.6 is 0 Å². The summed E-state index contributed by atoms with van der Waals surface area (Å²) in [5.74, 6) is 0.616. The van der Waals surface area contributed by atoms with Gasteiger partial charge in [-0.1, -0.05) is 351 Å². The van der Waals surface area contributed by atoms with Gasteiger partial charge < -0.3 is 27.4 Å². The van der Waals surface area contributed by atoms with E-state index in [1.54, 1.807) is 0 Å². The summed E-state index contributed by atoms with van der Waals surface area (Å²) in [6, 6.07) is 173. The van der Waals surface area contributed by atoms with Crippen LogP contribution in [0.1, 0.15) is 74.9 Å². The number of benzene rings is 21. The van der Waals surface area contributed by atoms with Crippen molar-refractivity contribution in [2.75, 3.05) is 0 Å². The molecule has 0 saturated carbocycles. The molecule has 0 saturated heterocycles. The average molecular weight is 1880 g/mol. The summed E-state index contributed by atoms with van der Waals surface area (Å²) in [7, 11) is 0. The smallest absolute Gasteiger partial charge is 0.160 e. The Morgan fingerprint density at radius 3 is 0.639 bits per heavy atom. The van der Waals surface area contributed by atoms with E-state index in [9.17, 15) is 0 Å². The summed E-state index contributed by atoms with van der Waals surface area (Å²) in [4.78, 5) is 11.5. The Kier molecular flexibility index (Phi) is 17.4. The lowest BCUT2D eigenvalue weighted by atomic mass is 9.82. The first-order chi connectivity index (χ1) is 72.1. The minimum absolute atomic E-state index is 0.144. The molecule has 3 aliphatic rings. The molecule has 8 heteroatoms. The lowest BCUT2D eigenvalue weighted by Crippen LogP contribution is -2.15. The number of para-hydroxylation sites is 6. The molecule has 0 fully saturated rings. The number of hydrogen-bond acceptors (Lipinski definition) is 2. The van der Waals surface area contributed by atoms with Crippen LogP contribution in [-0.2, 0) is 16.2 Å². The fraction of sp³-hybridized carbons (Fsp3) is 0.0647. The third kappa shape index (κ3) is 12.1. The number of fused-ring (bicyclic) bond motifs is 27. The summed E-state index contributed by atoms with van der Waals surface area (Å²) >= 11 is 0. The number of rotatable bonds is 12. The lowest BCUT2D eigenvalue weighted by molar-refractivity contribution is 0.660. The highest BCUT2D eigenvalue weighted by atomic mass is 15.0. The molecule has 3 aliphatic carbocycles. The van der Waals surface area contributed by atoms with Crippen molar-refractivity contribution in [1.29, 1.82) is 0 Å². The Bertz CT molecular complexity index is 10200. The standard InChI is InChI=1S/C139H94N8/c1-137(2)116-37-16-7-28-98(116)101-69-60-95(79-119(101)137)145-127-43-22-13-34-107(127)113-66-53-88(76-133(113)145)85-50-63-110-104-31-10-19-40-124(104)142(130(110)73-85)92-56-46-83(47-57-92)122-82-123(84-48-58-93(59-49-84)143-125-41-20-11-32-105(125)111-64-51-86(74-131(111)143)89-54-67-114-108-35-14-23-44-128(108)146(134(114)77-89)96-61-70-102-99-29-8-17-38-117(99)138(3,4)120(102)80-96)141-136(140-122)91-26-25-27-94(72-91)144-126-42-21-12-33-106(126)112-65-52-87(75-132(112)144)90-55-68-115-109-36-15-24-45-129(109)147(135(115)78-90)97-62-71-103-100-30-9-18-39-118(100)139(5,6)121(103)81-97/h7-82H,1-6H3. The minimum atomic E-state index is -0.150. The van der Waals surface area contributed by atoms with Crippen molar-refractivity contribution >= 4 is 131 Å². The van der Waals surface area contributed by atoms with Crippen LogP contribution < -0.4 is 0 Å². The van der Waals surface area contributed by atoms with Gasteiger partial charge >= 0.3 is 0 Å². The molecule has 0 N–H and O–H groups in total. The molecule has 31 rings (SSSR count). The molecular weight excluding hydrogens is 1780 g/mol. The van der Waals surface area contributed by atoms with Crippen LogP contribution in [0.4, 0.5) is 0 Å². The largest absolute Gasteiger partial charge is 0.309 e. The van der Waals surface area contributed by atoms with Gasteiger partial charge in [-0.15, -0.1) is 0 Å². The van der Waals surface area contributed by atoms with Gasteiger partial charge in [-0.25, -0.2) is 9.97 Å². The molecule has 0 spiro atoms. The highest BCUT2D eigenvalue weighted by Gasteiger charge is 2.40. The molecule has 21 aromatic carbocycles. The molecule has 147 heavy (non-hydrogen) atoms. The molecule has 7 heterocycles. The highest BCUT2D eigenvalue weighted by molar-refractivity contribution is 6.17. The van der Waals surface area contributed by atoms with E-state index in [2.05, 4.69) is 530 Å². The summed E-state index contributed by atoms with van der Waals surface area (Å²) in [5, 5.41) is 14.5. The molecular formula is C139H94N8. The van der Waals surface area contributed by atoms with Crippen LogP contribution in [0.25, 0.3) is 266 Å². The van der Waals surface area contributed by atoms with Crippen LogP contribution in [0.5, 0.6) is 0 Å². The van der Waals surface area contributed by atoms with Gasteiger partial charge in [0, 0.05) is 132 Å². The fourth-order valence-electron chi connectivity index (χ4n) is 26.3. The molecule has 0 bridgehead atoms. The van der Waals surface area contributed by atoms with Crippen molar-refractivity contribution in [2.24, 2.45) is 0 Å². The SMILES string of the molecule is CC1(C)c2ccccc2-c2ccc(-n3c4ccccc4c4ccc(-c5ccc6c7ccccc7n(-c7ccc(-c8cc(-c9ccc(-n%10c%11ccccc%11c%11ccc(-c%12ccc%13c%14ccccc%14n(-c%14ccc%15c(c%14)C(C)(C)c%14ccccc%14-%15)c%13c%12)cc%11%10)cc9)nc(-c9cccc(-n%10c%11ccccc%11c%11ccc(-c%12ccc%13c%14ccccc%14n(-c%14ccc%15c(c%14)C(C)(C)c%14ccccc%14-%15)c%13c%12)cc%11%10)c9)n8)cc7)c6c5)cc43)cc21. The van der Waals surface area contributed by atoms with Gasteiger partial charge in [-0.2, -0.15) is 0 Å². The Hall–Kier alpha value is -18.5. The van der Waals surface area contributed by atoms with Crippen LogP contribution in [-0.4, -0.2) is 37.4 Å². The van der Waals surface area contributed by atoms with Gasteiger partial charge in [-0.05, 0) is 252 Å². The first-order valence-corrected chi connectivity index (χ1v) is 51.3. The quantitative estimate of drug-likeness (QED) is 0.122. The molecule has 0 amide bonds. The van der Waals surface area contributed by atoms with Crippen molar-refractivity contribution in [3.05, 3.63) is 494 Å². The van der Waals surface area contributed by atoms with Crippen LogP contribution in [0.3, 0.4) is 0 Å². The van der Waals surface area contributed by atoms with E-state index in [-0.39, 0.29) is 16.2 Å². The van der Waals surface area contributed by atoms with E-state index in [0.29, 0.717) is 5.82 Å². The Morgan fingerprint density at radius 2 is 0.361 bits per heavy atom. The number of aromatic nitrogens is 8. The normalized spacial score (nSPS) is 13.7. The second kappa shape index (κ2) is 30.8. The molecule has 8 nitrogen and oxygen atoms in total. The van der Waals surface area contributed by atoms with Crippen LogP contribution in [0.2, 0.25) is 0 Å². The minimum Gasteiger partial charge on any atom is -0.309 e. The van der Waals surface area contributed by atoms with E-state index < -0.39 is 0 Å². The van der Waals surface area contributed by atoms with Crippen LogP contribution in [0.15, 0.2) is 461 Å².